The Kier molecular flexibility index (Phi) is 3.34. The predicted octanol–water partition coefficient (Wildman–Crippen LogP) is 2.70. The summed E-state index contributed by atoms with van der Waals surface area (Å²) in [6.45, 7) is 4.89. The SMILES string of the molecule is CCNc1nc(Sc2ncn[nH]2)c2cc(C)sc2n1. The molecule has 0 saturated carbocycles. The zero-order valence-corrected chi connectivity index (χ0v) is 12.1. The molecule has 98 valence electrons. The summed E-state index contributed by atoms with van der Waals surface area (Å²) >= 11 is 3.13. The van der Waals surface area contributed by atoms with Gasteiger partial charge in [-0.2, -0.15) is 5.10 Å². The number of hydrogen-bond donors (Lipinski definition) is 2. The monoisotopic (exact) mass is 292 g/mol. The summed E-state index contributed by atoms with van der Waals surface area (Å²) in [5, 5.41) is 12.5. The van der Waals surface area contributed by atoms with E-state index in [-0.39, 0.29) is 0 Å². The Morgan fingerprint density at radius 1 is 1.42 bits per heavy atom. The molecule has 0 spiro atoms. The molecule has 0 bridgehead atoms. The van der Waals surface area contributed by atoms with Crippen molar-refractivity contribution < 1.29 is 0 Å². The fraction of sp³-hybridized carbons (Fsp3) is 0.273. The molecule has 0 amide bonds. The summed E-state index contributed by atoms with van der Waals surface area (Å²) < 4.78 is 0. The number of thiophene rings is 1. The van der Waals surface area contributed by atoms with Crippen LogP contribution in [-0.4, -0.2) is 31.7 Å². The number of aryl methyl sites for hydroxylation is 1. The third-order valence-corrected chi connectivity index (χ3v) is 4.24. The molecule has 19 heavy (non-hydrogen) atoms. The summed E-state index contributed by atoms with van der Waals surface area (Å²) in [5.74, 6) is 0.652. The number of hydrogen-bond acceptors (Lipinski definition) is 7. The van der Waals surface area contributed by atoms with Gasteiger partial charge in [0.25, 0.3) is 0 Å². The molecule has 0 atom stereocenters. The van der Waals surface area contributed by atoms with Gasteiger partial charge >= 0.3 is 0 Å². The molecule has 3 aromatic heterocycles. The molecular formula is C11H12N6S2. The number of fused-ring (bicyclic) bond motifs is 1. The predicted molar refractivity (Wildman–Crippen MR) is 76.8 cm³/mol. The van der Waals surface area contributed by atoms with Gasteiger partial charge in [-0.3, -0.25) is 5.10 Å². The van der Waals surface area contributed by atoms with E-state index in [9.17, 15) is 0 Å². The number of nitrogens with one attached hydrogen (secondary N) is 2. The first-order valence-electron chi connectivity index (χ1n) is 5.81. The molecule has 8 heteroatoms. The minimum atomic E-state index is 0.652. The number of nitrogens with zero attached hydrogens (tertiary/aromatic N) is 4. The van der Waals surface area contributed by atoms with E-state index in [1.54, 1.807) is 11.3 Å². The smallest absolute Gasteiger partial charge is 0.225 e. The maximum absolute atomic E-state index is 4.54. The van der Waals surface area contributed by atoms with Crippen LogP contribution in [0.25, 0.3) is 10.2 Å². The maximum Gasteiger partial charge on any atom is 0.225 e. The van der Waals surface area contributed by atoms with Crippen LogP contribution in [0.3, 0.4) is 0 Å². The van der Waals surface area contributed by atoms with Gasteiger partial charge < -0.3 is 5.32 Å². The molecule has 0 unspecified atom stereocenters. The Hall–Kier alpha value is -1.67. The first-order chi connectivity index (χ1) is 9.26. The van der Waals surface area contributed by atoms with Gasteiger partial charge in [0.15, 0.2) is 5.16 Å². The molecule has 0 aromatic carbocycles. The molecule has 2 N–H and O–H groups in total. The Morgan fingerprint density at radius 3 is 3.05 bits per heavy atom. The highest BCUT2D eigenvalue weighted by Gasteiger charge is 2.12. The number of H-pyrrole nitrogens is 1. The fourth-order valence-corrected chi connectivity index (χ4v) is 3.39. The third-order valence-electron chi connectivity index (χ3n) is 2.40. The van der Waals surface area contributed by atoms with E-state index in [0.717, 1.165) is 26.9 Å². The lowest BCUT2D eigenvalue weighted by Gasteiger charge is -2.04. The van der Waals surface area contributed by atoms with Gasteiger partial charge in [0, 0.05) is 16.8 Å². The largest absolute Gasteiger partial charge is 0.354 e. The van der Waals surface area contributed by atoms with Crippen molar-refractivity contribution in [3.8, 4) is 0 Å². The zero-order chi connectivity index (χ0) is 13.2. The molecule has 6 nitrogen and oxygen atoms in total. The van der Waals surface area contributed by atoms with Crippen LogP contribution in [0.5, 0.6) is 0 Å². The van der Waals surface area contributed by atoms with Crippen LogP contribution in [0.4, 0.5) is 5.95 Å². The van der Waals surface area contributed by atoms with Crippen molar-refractivity contribution in [2.75, 3.05) is 11.9 Å². The number of anilines is 1. The maximum atomic E-state index is 4.54. The summed E-state index contributed by atoms with van der Waals surface area (Å²) in [6, 6.07) is 2.11. The zero-order valence-electron chi connectivity index (χ0n) is 10.5. The van der Waals surface area contributed by atoms with Crippen molar-refractivity contribution in [2.24, 2.45) is 0 Å². The molecule has 0 radical (unpaired) electrons. The van der Waals surface area contributed by atoms with Crippen LogP contribution < -0.4 is 5.32 Å². The fourth-order valence-electron chi connectivity index (χ4n) is 1.67. The Labute approximate surface area is 118 Å². The first-order valence-corrected chi connectivity index (χ1v) is 7.45. The highest BCUT2D eigenvalue weighted by molar-refractivity contribution is 7.99. The van der Waals surface area contributed by atoms with E-state index in [0.29, 0.717) is 5.95 Å². The van der Waals surface area contributed by atoms with E-state index in [1.165, 1.54) is 23.0 Å². The van der Waals surface area contributed by atoms with E-state index in [1.807, 2.05) is 6.92 Å². The van der Waals surface area contributed by atoms with Crippen molar-refractivity contribution in [3.63, 3.8) is 0 Å². The van der Waals surface area contributed by atoms with Crippen LogP contribution in [0.2, 0.25) is 0 Å². The first kappa shape index (κ1) is 12.4. The lowest BCUT2D eigenvalue weighted by Crippen LogP contribution is -2.02. The van der Waals surface area contributed by atoms with Gasteiger partial charge in [0.1, 0.15) is 16.2 Å². The van der Waals surface area contributed by atoms with E-state index in [2.05, 4.69) is 43.5 Å². The summed E-state index contributed by atoms with van der Waals surface area (Å²) in [7, 11) is 0. The molecule has 3 heterocycles. The van der Waals surface area contributed by atoms with Gasteiger partial charge in [-0.1, -0.05) is 0 Å². The van der Waals surface area contributed by atoms with Crippen molar-refractivity contribution in [2.45, 2.75) is 24.0 Å². The van der Waals surface area contributed by atoms with Crippen molar-refractivity contribution in [3.05, 3.63) is 17.3 Å². The highest BCUT2D eigenvalue weighted by atomic mass is 32.2. The van der Waals surface area contributed by atoms with Crippen LogP contribution in [-0.2, 0) is 0 Å². The average Bonchev–Trinajstić information content (AvgIpc) is 2.98. The minimum Gasteiger partial charge on any atom is -0.354 e. The summed E-state index contributed by atoms with van der Waals surface area (Å²) in [6.07, 6.45) is 1.49. The molecule has 0 saturated heterocycles. The average molecular weight is 292 g/mol. The molecule has 0 fully saturated rings. The molecule has 0 aliphatic carbocycles. The lowest BCUT2D eigenvalue weighted by molar-refractivity contribution is 0.967. The molecule has 0 aliphatic rings. The lowest BCUT2D eigenvalue weighted by atomic mass is 10.4. The Morgan fingerprint density at radius 2 is 2.32 bits per heavy atom. The van der Waals surface area contributed by atoms with Gasteiger partial charge in [0.2, 0.25) is 5.95 Å². The van der Waals surface area contributed by atoms with Gasteiger partial charge in [-0.05, 0) is 31.7 Å². The van der Waals surface area contributed by atoms with E-state index in [4.69, 9.17) is 0 Å². The molecular weight excluding hydrogens is 280 g/mol. The van der Waals surface area contributed by atoms with Crippen molar-refractivity contribution in [1.29, 1.82) is 0 Å². The minimum absolute atomic E-state index is 0.652. The second kappa shape index (κ2) is 5.14. The topological polar surface area (TPSA) is 79.4 Å². The van der Waals surface area contributed by atoms with E-state index < -0.39 is 0 Å². The van der Waals surface area contributed by atoms with Crippen LogP contribution in [0.1, 0.15) is 11.8 Å². The van der Waals surface area contributed by atoms with Gasteiger partial charge in [-0.15, -0.1) is 11.3 Å². The molecule has 0 aliphatic heterocycles. The second-order valence-electron chi connectivity index (χ2n) is 3.85. The number of aromatic amines is 1. The summed E-state index contributed by atoms with van der Waals surface area (Å²) in [4.78, 5) is 15.4. The third kappa shape index (κ3) is 2.54. The highest BCUT2D eigenvalue weighted by Crippen LogP contribution is 2.34. The quantitative estimate of drug-likeness (QED) is 0.720. The molecule has 3 rings (SSSR count). The Balaban J connectivity index is 2.08. The number of aromatic nitrogens is 5. The van der Waals surface area contributed by atoms with Crippen LogP contribution in [0.15, 0.2) is 22.6 Å². The van der Waals surface area contributed by atoms with E-state index >= 15 is 0 Å². The standard InChI is InChI=1S/C11H12N6S2/c1-3-12-10-15-8-7(4-6(2)18-8)9(16-10)19-11-13-5-14-17-11/h4-5H,3H2,1-2H3,(H,12,15,16)(H,13,14,17). The van der Waals surface area contributed by atoms with Gasteiger partial charge in [0.05, 0.1) is 0 Å². The van der Waals surface area contributed by atoms with Crippen LogP contribution in [0, 0.1) is 6.92 Å². The normalized spacial score (nSPS) is 11.1. The summed E-state index contributed by atoms with van der Waals surface area (Å²) in [5.41, 5.74) is 0. The number of rotatable bonds is 4. The Bertz CT molecular complexity index is 691. The molecule has 3 aromatic rings. The van der Waals surface area contributed by atoms with Crippen molar-refractivity contribution in [1.82, 2.24) is 25.1 Å². The van der Waals surface area contributed by atoms with Gasteiger partial charge in [-0.25, -0.2) is 15.0 Å². The van der Waals surface area contributed by atoms with Crippen LogP contribution >= 0.6 is 23.1 Å². The van der Waals surface area contributed by atoms with Crippen molar-refractivity contribution >= 4 is 39.3 Å². The second-order valence-corrected chi connectivity index (χ2v) is 6.06.